The summed E-state index contributed by atoms with van der Waals surface area (Å²) >= 11 is 0. The second kappa shape index (κ2) is 7.43. The molecule has 5 nitrogen and oxygen atoms in total. The van der Waals surface area contributed by atoms with Gasteiger partial charge in [0.15, 0.2) is 0 Å². The number of likely N-dealkylation sites (tertiary alicyclic amines) is 1. The molecule has 0 radical (unpaired) electrons. The molecule has 0 bridgehead atoms. The van der Waals surface area contributed by atoms with E-state index in [2.05, 4.69) is 10.2 Å². The summed E-state index contributed by atoms with van der Waals surface area (Å²) in [6, 6.07) is 6.34. The highest BCUT2D eigenvalue weighted by Crippen LogP contribution is 2.11. The Bertz CT molecular complexity index is 455. The molecule has 0 saturated carbocycles. The van der Waals surface area contributed by atoms with Gasteiger partial charge >= 0.3 is 0 Å². The molecule has 1 aliphatic heterocycles. The van der Waals surface area contributed by atoms with Crippen LogP contribution in [0.15, 0.2) is 24.3 Å². The van der Waals surface area contributed by atoms with E-state index < -0.39 is 6.04 Å². The predicted octanol–water partition coefficient (Wildman–Crippen LogP) is 0.863. The molecule has 1 amide bonds. The molecule has 116 valence electrons. The second-order valence-electron chi connectivity index (χ2n) is 5.89. The van der Waals surface area contributed by atoms with E-state index in [1.807, 2.05) is 6.92 Å². The Morgan fingerprint density at radius 3 is 2.57 bits per heavy atom. The summed E-state index contributed by atoms with van der Waals surface area (Å²) in [7, 11) is 0. The molecular formula is C16H25N3O2. The van der Waals surface area contributed by atoms with Gasteiger partial charge in [0.05, 0.1) is 6.04 Å². The maximum absolute atomic E-state index is 12.1. The van der Waals surface area contributed by atoms with Crippen molar-refractivity contribution in [3.63, 3.8) is 0 Å². The molecule has 0 aliphatic carbocycles. The Morgan fingerprint density at radius 2 is 1.95 bits per heavy atom. The van der Waals surface area contributed by atoms with Crippen molar-refractivity contribution >= 4 is 5.91 Å². The number of nitrogens with zero attached hydrogens (tertiary/aromatic N) is 1. The molecule has 0 aromatic heterocycles. The summed E-state index contributed by atoms with van der Waals surface area (Å²) in [4.78, 5) is 14.5. The number of carbonyl (C=O) groups is 1. The first kappa shape index (κ1) is 15.8. The van der Waals surface area contributed by atoms with Gasteiger partial charge in [-0.15, -0.1) is 0 Å². The van der Waals surface area contributed by atoms with Crippen molar-refractivity contribution in [1.29, 1.82) is 0 Å². The van der Waals surface area contributed by atoms with Crippen LogP contribution in [0, 0.1) is 0 Å². The van der Waals surface area contributed by atoms with Gasteiger partial charge in [-0.3, -0.25) is 4.79 Å². The first-order valence-electron chi connectivity index (χ1n) is 7.61. The third kappa shape index (κ3) is 5.02. The van der Waals surface area contributed by atoms with Crippen molar-refractivity contribution in [2.24, 2.45) is 5.73 Å². The van der Waals surface area contributed by atoms with E-state index in [0.717, 1.165) is 25.2 Å². The van der Waals surface area contributed by atoms with Crippen LogP contribution >= 0.6 is 0 Å². The van der Waals surface area contributed by atoms with Gasteiger partial charge in [-0.05, 0) is 57.0 Å². The van der Waals surface area contributed by atoms with Crippen LogP contribution in [0.4, 0.5) is 0 Å². The minimum absolute atomic E-state index is 0.112. The maximum Gasteiger partial charge on any atom is 0.237 e. The van der Waals surface area contributed by atoms with Gasteiger partial charge in [0.25, 0.3) is 0 Å². The normalized spacial score (nSPS) is 18.4. The van der Waals surface area contributed by atoms with Crippen LogP contribution in [0.3, 0.4) is 0 Å². The minimum atomic E-state index is -0.560. The van der Waals surface area contributed by atoms with Crippen LogP contribution in [-0.4, -0.2) is 47.6 Å². The lowest BCUT2D eigenvalue weighted by atomic mass is 10.1. The van der Waals surface area contributed by atoms with Crippen LogP contribution in [0.5, 0.6) is 5.75 Å². The quantitative estimate of drug-likeness (QED) is 0.726. The number of carbonyl (C=O) groups excluding carboxylic acids is 1. The number of amides is 1. The topological polar surface area (TPSA) is 78.6 Å². The summed E-state index contributed by atoms with van der Waals surface area (Å²) in [5.74, 6) is 0.103. The van der Waals surface area contributed by atoms with E-state index >= 15 is 0 Å². The average molecular weight is 291 g/mol. The molecule has 5 heteroatoms. The molecule has 2 atom stereocenters. The average Bonchev–Trinajstić information content (AvgIpc) is 2.94. The van der Waals surface area contributed by atoms with Crippen LogP contribution in [0.25, 0.3) is 0 Å². The molecule has 0 spiro atoms. The fourth-order valence-electron chi connectivity index (χ4n) is 2.73. The fourth-order valence-corrected chi connectivity index (χ4v) is 2.73. The van der Waals surface area contributed by atoms with Gasteiger partial charge in [0, 0.05) is 12.6 Å². The van der Waals surface area contributed by atoms with Crippen molar-refractivity contribution in [2.45, 2.75) is 38.3 Å². The summed E-state index contributed by atoms with van der Waals surface area (Å²) in [5, 5.41) is 12.2. The van der Waals surface area contributed by atoms with Crippen LogP contribution in [-0.2, 0) is 11.2 Å². The number of phenolic OH excluding ortho intramolecular Hbond substituents is 1. The van der Waals surface area contributed by atoms with Gasteiger partial charge in [0.2, 0.25) is 5.91 Å². The van der Waals surface area contributed by atoms with Gasteiger partial charge in [-0.1, -0.05) is 12.1 Å². The molecule has 1 aromatic carbocycles. The van der Waals surface area contributed by atoms with E-state index in [9.17, 15) is 9.90 Å². The van der Waals surface area contributed by atoms with Gasteiger partial charge < -0.3 is 21.1 Å². The summed E-state index contributed by atoms with van der Waals surface area (Å²) < 4.78 is 0. The number of hydrogen-bond donors (Lipinski definition) is 3. The number of benzene rings is 1. The minimum Gasteiger partial charge on any atom is -0.508 e. The largest absolute Gasteiger partial charge is 0.508 e. The third-order valence-corrected chi connectivity index (χ3v) is 3.85. The Kier molecular flexibility index (Phi) is 5.59. The lowest BCUT2D eigenvalue weighted by Crippen LogP contribution is -2.48. The number of nitrogens with one attached hydrogen (secondary N) is 1. The Morgan fingerprint density at radius 1 is 1.33 bits per heavy atom. The molecule has 21 heavy (non-hydrogen) atoms. The van der Waals surface area contributed by atoms with E-state index in [1.165, 1.54) is 12.8 Å². The van der Waals surface area contributed by atoms with Crippen LogP contribution < -0.4 is 11.1 Å². The first-order chi connectivity index (χ1) is 10.0. The maximum atomic E-state index is 12.1. The SMILES string of the molecule is CC(CN1CCCC1)NC(=O)[C@@H](N)Cc1ccc(O)cc1. The standard InChI is InChI=1S/C16H25N3O2/c1-12(11-19-8-2-3-9-19)18-16(21)15(17)10-13-4-6-14(20)7-5-13/h4-7,12,15,20H,2-3,8-11,17H2,1H3,(H,18,21)/t12?,15-/m0/s1. The monoisotopic (exact) mass is 291 g/mol. The Balaban J connectivity index is 1.77. The third-order valence-electron chi connectivity index (χ3n) is 3.85. The van der Waals surface area contributed by atoms with Gasteiger partial charge in [-0.2, -0.15) is 0 Å². The van der Waals surface area contributed by atoms with Crippen molar-refractivity contribution in [3.8, 4) is 5.75 Å². The van der Waals surface area contributed by atoms with Crippen molar-refractivity contribution < 1.29 is 9.90 Å². The highest BCUT2D eigenvalue weighted by atomic mass is 16.3. The van der Waals surface area contributed by atoms with E-state index in [1.54, 1.807) is 24.3 Å². The highest BCUT2D eigenvalue weighted by Gasteiger charge is 2.19. The van der Waals surface area contributed by atoms with Gasteiger partial charge in [0.1, 0.15) is 5.75 Å². The lowest BCUT2D eigenvalue weighted by Gasteiger charge is -2.22. The highest BCUT2D eigenvalue weighted by molar-refractivity contribution is 5.82. The zero-order chi connectivity index (χ0) is 15.2. The fraction of sp³-hybridized carbons (Fsp3) is 0.562. The van der Waals surface area contributed by atoms with E-state index in [0.29, 0.717) is 6.42 Å². The summed E-state index contributed by atoms with van der Waals surface area (Å²) in [6.07, 6.45) is 2.98. The van der Waals surface area contributed by atoms with Crippen LogP contribution in [0.1, 0.15) is 25.3 Å². The molecule has 1 heterocycles. The zero-order valence-corrected chi connectivity index (χ0v) is 12.6. The van der Waals surface area contributed by atoms with Crippen molar-refractivity contribution in [1.82, 2.24) is 10.2 Å². The number of phenols is 1. The molecule has 4 N–H and O–H groups in total. The molecule has 1 aliphatic rings. The first-order valence-corrected chi connectivity index (χ1v) is 7.61. The van der Waals surface area contributed by atoms with E-state index in [4.69, 9.17) is 5.73 Å². The number of rotatable bonds is 6. The Hall–Kier alpha value is -1.59. The molecule has 1 aromatic rings. The number of aromatic hydroxyl groups is 1. The molecule has 2 rings (SSSR count). The molecular weight excluding hydrogens is 266 g/mol. The smallest absolute Gasteiger partial charge is 0.237 e. The molecule has 1 saturated heterocycles. The summed E-state index contributed by atoms with van der Waals surface area (Å²) in [5.41, 5.74) is 6.90. The summed E-state index contributed by atoms with van der Waals surface area (Å²) in [6.45, 7) is 5.15. The molecule has 1 unspecified atom stereocenters. The van der Waals surface area contributed by atoms with Crippen molar-refractivity contribution in [3.05, 3.63) is 29.8 Å². The van der Waals surface area contributed by atoms with Gasteiger partial charge in [-0.25, -0.2) is 0 Å². The predicted molar refractivity (Wildman–Crippen MR) is 83.1 cm³/mol. The molecule has 1 fully saturated rings. The lowest BCUT2D eigenvalue weighted by molar-refractivity contribution is -0.123. The van der Waals surface area contributed by atoms with E-state index in [-0.39, 0.29) is 17.7 Å². The number of nitrogens with two attached hydrogens (primary N) is 1. The van der Waals surface area contributed by atoms with Crippen LogP contribution in [0.2, 0.25) is 0 Å². The second-order valence-corrected chi connectivity index (χ2v) is 5.89. The Labute approximate surface area is 126 Å². The number of hydrogen-bond acceptors (Lipinski definition) is 4. The zero-order valence-electron chi connectivity index (χ0n) is 12.6. The van der Waals surface area contributed by atoms with Crippen molar-refractivity contribution in [2.75, 3.05) is 19.6 Å².